The molecule has 0 aromatic heterocycles. The van der Waals surface area contributed by atoms with Gasteiger partial charge in [0.25, 0.3) is 0 Å². The van der Waals surface area contributed by atoms with E-state index in [4.69, 9.17) is 15.5 Å². The first-order chi connectivity index (χ1) is 6.87. The van der Waals surface area contributed by atoms with E-state index in [9.17, 15) is 4.57 Å². The van der Waals surface area contributed by atoms with Crippen LogP contribution in [0.3, 0.4) is 0 Å². The first kappa shape index (κ1) is 16.1. The van der Waals surface area contributed by atoms with Crippen molar-refractivity contribution in [1.82, 2.24) is 0 Å². The fraction of sp³-hybridized carbons (Fsp3) is 0.125. The Morgan fingerprint density at radius 1 is 1.38 bits per heavy atom. The number of hydrogen-bond acceptors (Lipinski definition) is 2. The monoisotopic (exact) mass is 269 g/mol. The molecule has 0 saturated heterocycles. The Balaban J connectivity index is 0.00000225. The molecule has 1 aromatic rings. The van der Waals surface area contributed by atoms with Crippen molar-refractivity contribution in [1.29, 1.82) is 0 Å². The molecule has 5 nitrogen and oxygen atoms in total. The normalized spacial score (nSPS) is 10.4. The van der Waals surface area contributed by atoms with Crippen LogP contribution >= 0.6 is 19.8 Å². The average Bonchev–Trinajstić information content (AvgIpc) is 2.05. The molecule has 0 radical (unpaired) electrons. The number of thiocarbonyl (C=S) groups is 1. The maximum atomic E-state index is 10.7. The molecule has 0 heterocycles. The van der Waals surface area contributed by atoms with E-state index in [0.29, 0.717) is 11.3 Å². The van der Waals surface area contributed by atoms with Crippen LogP contribution in [0.15, 0.2) is 24.3 Å². The van der Waals surface area contributed by atoms with E-state index in [1.54, 1.807) is 24.3 Å². The van der Waals surface area contributed by atoms with Crippen molar-refractivity contribution >= 4 is 30.6 Å². The summed E-state index contributed by atoms with van der Waals surface area (Å²) in [5.74, 6) is 0. The van der Waals surface area contributed by atoms with Gasteiger partial charge in [-0.3, -0.25) is 4.57 Å². The van der Waals surface area contributed by atoms with E-state index in [2.05, 4.69) is 17.5 Å². The van der Waals surface area contributed by atoms with Crippen LogP contribution in [0.1, 0.15) is 5.56 Å². The summed E-state index contributed by atoms with van der Waals surface area (Å²) in [6.45, 7) is 0. The van der Waals surface area contributed by atoms with Crippen molar-refractivity contribution in [2.45, 2.75) is 6.16 Å². The molecule has 5 N–H and O–H groups in total. The van der Waals surface area contributed by atoms with Gasteiger partial charge in [0.05, 0.1) is 6.16 Å². The third kappa shape index (κ3) is 6.60. The number of anilines is 1. The molecule has 0 aliphatic carbocycles. The molecule has 0 aliphatic rings. The fourth-order valence-electron chi connectivity index (χ4n) is 1.07. The number of hydrogen-bond donors (Lipinski definition) is 4. The zero-order chi connectivity index (χ0) is 11.5. The molecular formula is C8H11N2NaO3PS+. The van der Waals surface area contributed by atoms with Crippen LogP contribution in [0.25, 0.3) is 0 Å². The van der Waals surface area contributed by atoms with E-state index in [1.807, 2.05) is 0 Å². The minimum Gasteiger partial charge on any atom is -0.376 e. The molecular weight excluding hydrogens is 258 g/mol. The summed E-state index contributed by atoms with van der Waals surface area (Å²) in [7, 11) is -4.00. The SMILES string of the molecule is NC(=S)Nc1ccc(CP(=O)(O)O)cc1.[Na+]. The maximum Gasteiger partial charge on any atom is 1.00 e. The van der Waals surface area contributed by atoms with Gasteiger partial charge in [0.15, 0.2) is 5.11 Å². The van der Waals surface area contributed by atoms with Crippen molar-refractivity contribution in [3.05, 3.63) is 29.8 Å². The second-order valence-corrected chi connectivity index (χ2v) is 5.09. The van der Waals surface area contributed by atoms with Gasteiger partial charge in [-0.05, 0) is 29.9 Å². The summed E-state index contributed by atoms with van der Waals surface area (Å²) >= 11 is 4.64. The number of rotatable bonds is 3. The maximum absolute atomic E-state index is 10.7. The molecule has 16 heavy (non-hydrogen) atoms. The Hall–Kier alpha value is 0.0600. The summed E-state index contributed by atoms with van der Waals surface area (Å²) < 4.78 is 10.7. The molecule has 82 valence electrons. The Morgan fingerprint density at radius 3 is 2.25 bits per heavy atom. The van der Waals surface area contributed by atoms with Gasteiger partial charge in [-0.15, -0.1) is 0 Å². The summed E-state index contributed by atoms with van der Waals surface area (Å²) in [5.41, 5.74) is 6.52. The topological polar surface area (TPSA) is 95.6 Å². The van der Waals surface area contributed by atoms with Crippen LogP contribution < -0.4 is 40.6 Å². The van der Waals surface area contributed by atoms with Crippen LogP contribution in [0, 0.1) is 0 Å². The Morgan fingerprint density at radius 2 is 1.88 bits per heavy atom. The van der Waals surface area contributed by atoms with E-state index < -0.39 is 7.60 Å². The van der Waals surface area contributed by atoms with Gasteiger partial charge in [0.1, 0.15) is 0 Å². The van der Waals surface area contributed by atoms with Crippen molar-refractivity contribution in [2.75, 3.05) is 5.32 Å². The van der Waals surface area contributed by atoms with Crippen molar-refractivity contribution in [2.24, 2.45) is 5.73 Å². The number of nitrogens with two attached hydrogens (primary N) is 1. The smallest absolute Gasteiger partial charge is 0.376 e. The molecule has 1 rings (SSSR count). The van der Waals surface area contributed by atoms with Gasteiger partial charge in [0.2, 0.25) is 0 Å². The zero-order valence-corrected chi connectivity index (χ0v) is 12.5. The number of benzene rings is 1. The van der Waals surface area contributed by atoms with Gasteiger partial charge < -0.3 is 20.8 Å². The fourth-order valence-corrected chi connectivity index (χ4v) is 1.88. The van der Waals surface area contributed by atoms with Gasteiger partial charge in [-0.25, -0.2) is 0 Å². The quantitative estimate of drug-likeness (QED) is 0.289. The van der Waals surface area contributed by atoms with E-state index in [1.165, 1.54) is 0 Å². The third-order valence-corrected chi connectivity index (χ3v) is 2.49. The number of nitrogens with one attached hydrogen (secondary N) is 1. The third-order valence-electron chi connectivity index (χ3n) is 1.61. The summed E-state index contributed by atoms with van der Waals surface area (Å²) in [4.78, 5) is 17.5. The van der Waals surface area contributed by atoms with Crippen LogP contribution in [0.4, 0.5) is 5.69 Å². The largest absolute Gasteiger partial charge is 1.00 e. The molecule has 0 spiro atoms. The van der Waals surface area contributed by atoms with Gasteiger partial charge >= 0.3 is 37.2 Å². The Labute approximate surface area is 121 Å². The van der Waals surface area contributed by atoms with Gasteiger partial charge in [-0.2, -0.15) is 0 Å². The second kappa shape index (κ2) is 6.71. The average molecular weight is 269 g/mol. The van der Waals surface area contributed by atoms with E-state index in [-0.39, 0.29) is 40.8 Å². The molecule has 0 saturated carbocycles. The van der Waals surface area contributed by atoms with Crippen molar-refractivity contribution in [3.63, 3.8) is 0 Å². The predicted octanol–water partition coefficient (Wildman–Crippen LogP) is -1.98. The first-order valence-electron chi connectivity index (χ1n) is 4.07. The van der Waals surface area contributed by atoms with Crippen LogP contribution in [-0.2, 0) is 10.7 Å². The van der Waals surface area contributed by atoms with Crippen molar-refractivity contribution < 1.29 is 43.9 Å². The van der Waals surface area contributed by atoms with Gasteiger partial charge in [-0.1, -0.05) is 12.1 Å². The van der Waals surface area contributed by atoms with Gasteiger partial charge in [0, 0.05) is 5.69 Å². The minimum atomic E-state index is -4.00. The minimum absolute atomic E-state index is 0. The van der Waals surface area contributed by atoms with Crippen molar-refractivity contribution in [3.8, 4) is 0 Å². The Kier molecular flexibility index (Phi) is 6.74. The molecule has 0 bridgehead atoms. The molecule has 0 amide bonds. The van der Waals surface area contributed by atoms with E-state index >= 15 is 0 Å². The molecule has 1 aromatic carbocycles. The summed E-state index contributed by atoms with van der Waals surface area (Å²) in [6, 6.07) is 6.54. The summed E-state index contributed by atoms with van der Waals surface area (Å²) in [6.07, 6.45) is -0.264. The molecule has 8 heteroatoms. The Bertz CT molecular complexity index is 406. The molecule has 0 aliphatic heterocycles. The van der Waals surface area contributed by atoms with Crippen LogP contribution in [-0.4, -0.2) is 14.9 Å². The predicted molar refractivity (Wildman–Crippen MR) is 62.6 cm³/mol. The van der Waals surface area contributed by atoms with Crippen LogP contribution in [0.2, 0.25) is 0 Å². The van der Waals surface area contributed by atoms with E-state index in [0.717, 1.165) is 0 Å². The van der Waals surface area contributed by atoms with Crippen LogP contribution in [0.5, 0.6) is 0 Å². The molecule has 0 unspecified atom stereocenters. The standard InChI is InChI=1S/C8H11N2O3PS.Na/c9-8(15)10-7-3-1-6(2-4-7)5-14(11,12)13;/h1-4H,5H2,(H3,9,10,15)(H2,11,12,13);/q;+1. The second-order valence-electron chi connectivity index (χ2n) is 3.01. The molecule has 0 atom stereocenters. The first-order valence-corrected chi connectivity index (χ1v) is 6.27. The molecule has 0 fully saturated rings. The summed E-state index contributed by atoms with van der Waals surface area (Å²) in [5, 5.41) is 2.86. The zero-order valence-electron chi connectivity index (χ0n) is 8.75.